The maximum Gasteiger partial charge on any atom is 0.408 e. The summed E-state index contributed by atoms with van der Waals surface area (Å²) >= 11 is 12.3. The Bertz CT molecular complexity index is 921. The fourth-order valence-electron chi connectivity index (χ4n) is 2.46. The molecule has 1 aromatic carbocycles. The molecule has 12 heteroatoms. The number of amides is 1. The Balaban J connectivity index is 2.15. The molecule has 1 unspecified atom stereocenters. The van der Waals surface area contributed by atoms with Crippen LogP contribution in [0.2, 0.25) is 10.0 Å². The zero-order valence-electron chi connectivity index (χ0n) is 16.6. The minimum absolute atomic E-state index is 0.155. The van der Waals surface area contributed by atoms with Crippen molar-refractivity contribution in [2.45, 2.75) is 51.8 Å². The number of aromatic nitrogens is 4. The van der Waals surface area contributed by atoms with Gasteiger partial charge in [0.05, 0.1) is 6.42 Å². The summed E-state index contributed by atoms with van der Waals surface area (Å²) in [5.74, 6) is -1.57. The molecule has 1 heterocycles. The van der Waals surface area contributed by atoms with Gasteiger partial charge in [-0.05, 0) is 48.9 Å². The van der Waals surface area contributed by atoms with E-state index in [1.54, 1.807) is 39.0 Å². The molecule has 0 saturated carbocycles. The van der Waals surface area contributed by atoms with Crippen LogP contribution in [-0.2, 0) is 27.3 Å². The molecule has 30 heavy (non-hydrogen) atoms. The van der Waals surface area contributed by atoms with Gasteiger partial charge in [0.1, 0.15) is 18.2 Å². The molecule has 10 nitrogen and oxygen atoms in total. The van der Waals surface area contributed by atoms with Gasteiger partial charge in [0, 0.05) is 16.5 Å². The Morgan fingerprint density at radius 2 is 1.87 bits per heavy atom. The molecule has 2 aromatic rings. The molecule has 2 rings (SSSR count). The van der Waals surface area contributed by atoms with Gasteiger partial charge in [-0.2, -0.15) is 0 Å². The van der Waals surface area contributed by atoms with Gasteiger partial charge in [0.2, 0.25) is 0 Å². The van der Waals surface area contributed by atoms with Crippen molar-refractivity contribution in [3.8, 4) is 0 Å². The second-order valence-corrected chi connectivity index (χ2v) is 8.21. The Kier molecular flexibility index (Phi) is 7.74. The number of carbonyl (C=O) groups is 3. The minimum atomic E-state index is -1.32. The van der Waals surface area contributed by atoms with Gasteiger partial charge >= 0.3 is 12.1 Å². The third-order valence-electron chi connectivity index (χ3n) is 3.77. The average molecular weight is 458 g/mol. The predicted octanol–water partition coefficient (Wildman–Crippen LogP) is 2.51. The number of ether oxygens (including phenoxy) is 1. The molecule has 0 aliphatic rings. The molecule has 0 spiro atoms. The van der Waals surface area contributed by atoms with Gasteiger partial charge < -0.3 is 15.2 Å². The lowest BCUT2D eigenvalue weighted by Crippen LogP contribution is -2.45. The number of nitrogens with zero attached hydrogens (tertiary/aromatic N) is 4. The number of benzene rings is 1. The van der Waals surface area contributed by atoms with Gasteiger partial charge in [0.15, 0.2) is 11.6 Å². The van der Waals surface area contributed by atoms with Crippen molar-refractivity contribution in [2.24, 2.45) is 0 Å². The summed E-state index contributed by atoms with van der Waals surface area (Å²) in [6, 6.07) is 3.70. The monoisotopic (exact) mass is 457 g/mol. The van der Waals surface area contributed by atoms with Crippen LogP contribution >= 0.6 is 23.2 Å². The van der Waals surface area contributed by atoms with E-state index in [1.165, 1.54) is 4.68 Å². The number of ketones is 1. The van der Waals surface area contributed by atoms with Gasteiger partial charge in [-0.25, -0.2) is 9.48 Å². The Labute approximate surface area is 182 Å². The van der Waals surface area contributed by atoms with Gasteiger partial charge in [-0.15, -0.1) is 5.10 Å². The van der Waals surface area contributed by atoms with Crippen LogP contribution < -0.4 is 5.32 Å². The first-order valence-electron chi connectivity index (χ1n) is 8.88. The highest BCUT2D eigenvalue weighted by molar-refractivity contribution is 6.36. The number of hydrogen-bond acceptors (Lipinski definition) is 7. The molecule has 162 valence electrons. The topological polar surface area (TPSA) is 136 Å². The number of nitrogens with one attached hydrogen (secondary N) is 1. The van der Waals surface area contributed by atoms with E-state index in [0.29, 0.717) is 21.4 Å². The van der Waals surface area contributed by atoms with Crippen LogP contribution in [0.15, 0.2) is 18.2 Å². The number of carboxylic acids is 1. The van der Waals surface area contributed by atoms with E-state index in [9.17, 15) is 14.4 Å². The molecule has 0 saturated heterocycles. The van der Waals surface area contributed by atoms with Crippen molar-refractivity contribution < 1.29 is 24.2 Å². The number of carbonyl (C=O) groups excluding carboxylic acids is 2. The number of rotatable bonds is 8. The first-order chi connectivity index (χ1) is 14.0. The van der Waals surface area contributed by atoms with Gasteiger partial charge in [0.25, 0.3) is 0 Å². The van der Waals surface area contributed by atoms with Gasteiger partial charge in [-0.1, -0.05) is 29.3 Å². The molecule has 0 fully saturated rings. The Hall–Kier alpha value is -2.72. The molecule has 2 N–H and O–H groups in total. The van der Waals surface area contributed by atoms with Crippen molar-refractivity contribution >= 4 is 41.0 Å². The van der Waals surface area contributed by atoms with Crippen LogP contribution in [0.1, 0.15) is 38.6 Å². The summed E-state index contributed by atoms with van der Waals surface area (Å²) < 4.78 is 6.29. The van der Waals surface area contributed by atoms with Crippen molar-refractivity contribution in [2.75, 3.05) is 0 Å². The summed E-state index contributed by atoms with van der Waals surface area (Å²) in [7, 11) is 0. The molecule has 0 aliphatic heterocycles. The highest BCUT2D eigenvalue weighted by atomic mass is 35.5. The van der Waals surface area contributed by atoms with Crippen LogP contribution in [0, 0.1) is 0 Å². The lowest BCUT2D eigenvalue weighted by Gasteiger charge is -2.22. The highest BCUT2D eigenvalue weighted by Gasteiger charge is 2.27. The third kappa shape index (κ3) is 6.96. The minimum Gasteiger partial charge on any atom is -0.481 e. The van der Waals surface area contributed by atoms with E-state index in [0.717, 1.165) is 0 Å². The van der Waals surface area contributed by atoms with Crippen LogP contribution in [0.4, 0.5) is 4.79 Å². The number of carboxylic acid groups (broad SMARTS) is 1. The maximum atomic E-state index is 12.7. The normalized spacial score (nSPS) is 12.3. The Morgan fingerprint density at radius 1 is 1.23 bits per heavy atom. The molecule has 1 amide bonds. The van der Waals surface area contributed by atoms with E-state index in [1.807, 2.05) is 0 Å². The SMILES string of the molecule is CC(C)(C)OC(=O)NC(CC(=O)O)C(=O)Cn1nnnc1Cc1c(Cl)cccc1Cl. The van der Waals surface area contributed by atoms with E-state index in [4.69, 9.17) is 33.0 Å². The lowest BCUT2D eigenvalue weighted by molar-refractivity contribution is -0.139. The fourth-order valence-corrected chi connectivity index (χ4v) is 2.99. The van der Waals surface area contributed by atoms with Crippen LogP contribution in [-0.4, -0.2) is 54.8 Å². The van der Waals surface area contributed by atoms with E-state index < -0.39 is 35.9 Å². The summed E-state index contributed by atoms with van der Waals surface area (Å²) in [6.45, 7) is 4.58. The Morgan fingerprint density at radius 3 is 2.43 bits per heavy atom. The van der Waals surface area contributed by atoms with E-state index in [2.05, 4.69) is 20.8 Å². The van der Waals surface area contributed by atoms with Crippen molar-refractivity contribution in [1.82, 2.24) is 25.5 Å². The quantitative estimate of drug-likeness (QED) is 0.616. The first kappa shape index (κ1) is 23.6. The zero-order chi connectivity index (χ0) is 22.5. The number of Topliss-reactive ketones (excluding diaryl/α,β-unsaturated/α-hetero) is 1. The van der Waals surface area contributed by atoms with Gasteiger partial charge in [-0.3, -0.25) is 9.59 Å². The first-order valence-corrected chi connectivity index (χ1v) is 9.64. The zero-order valence-corrected chi connectivity index (χ0v) is 18.1. The summed E-state index contributed by atoms with van der Waals surface area (Å²) in [5.41, 5.74) is -0.226. The van der Waals surface area contributed by atoms with Crippen molar-refractivity contribution in [1.29, 1.82) is 0 Å². The van der Waals surface area contributed by atoms with Crippen molar-refractivity contribution in [3.05, 3.63) is 39.6 Å². The smallest absolute Gasteiger partial charge is 0.408 e. The van der Waals surface area contributed by atoms with Crippen LogP contribution in [0.5, 0.6) is 0 Å². The van der Waals surface area contributed by atoms with Crippen LogP contribution in [0.3, 0.4) is 0 Å². The second kappa shape index (κ2) is 9.86. The molecule has 0 aliphatic carbocycles. The second-order valence-electron chi connectivity index (χ2n) is 7.39. The van der Waals surface area contributed by atoms with E-state index in [-0.39, 0.29) is 13.0 Å². The third-order valence-corrected chi connectivity index (χ3v) is 4.47. The number of hydrogen-bond donors (Lipinski definition) is 2. The lowest BCUT2D eigenvalue weighted by atomic mass is 10.1. The van der Waals surface area contributed by atoms with Crippen LogP contribution in [0.25, 0.3) is 0 Å². The molecule has 0 radical (unpaired) electrons. The molecular formula is C18H21Cl2N5O5. The average Bonchev–Trinajstić information content (AvgIpc) is 3.02. The summed E-state index contributed by atoms with van der Waals surface area (Å²) in [6.07, 6.45) is -1.37. The molecule has 1 atom stereocenters. The summed E-state index contributed by atoms with van der Waals surface area (Å²) in [5, 5.41) is 23.4. The van der Waals surface area contributed by atoms with E-state index >= 15 is 0 Å². The molecule has 1 aromatic heterocycles. The number of halogens is 2. The number of alkyl carbamates (subject to hydrolysis) is 1. The maximum absolute atomic E-state index is 12.7. The number of tetrazole rings is 1. The largest absolute Gasteiger partial charge is 0.481 e. The highest BCUT2D eigenvalue weighted by Crippen LogP contribution is 2.26. The molecule has 0 bridgehead atoms. The fraction of sp³-hybridized carbons (Fsp3) is 0.444. The summed E-state index contributed by atoms with van der Waals surface area (Å²) in [4.78, 5) is 35.8. The van der Waals surface area contributed by atoms with Crippen molar-refractivity contribution in [3.63, 3.8) is 0 Å². The predicted molar refractivity (Wildman–Crippen MR) is 108 cm³/mol. The molecular weight excluding hydrogens is 437 g/mol. The number of aliphatic carboxylic acids is 1. The standard InChI is InChI=1S/C18H21Cl2N5O5/c1-18(2,3)30-17(29)21-13(8-16(27)28)14(26)9-25-15(22-23-24-25)7-10-11(19)5-4-6-12(10)20/h4-6,13H,7-9H2,1-3H3,(H,21,29)(H,27,28).